The zero-order valence-electron chi connectivity index (χ0n) is 18.1. The molecule has 1 aliphatic rings. The zero-order valence-corrected chi connectivity index (χ0v) is 18.1. The van der Waals surface area contributed by atoms with E-state index in [0.717, 1.165) is 68.2 Å². The molecule has 1 aromatic carbocycles. The summed E-state index contributed by atoms with van der Waals surface area (Å²) in [5.41, 5.74) is 2.04. The number of hydrogen-bond donors (Lipinski definition) is 2. The predicted octanol–water partition coefficient (Wildman–Crippen LogP) is 4.29. The van der Waals surface area contributed by atoms with Crippen molar-refractivity contribution in [3.63, 3.8) is 0 Å². The lowest BCUT2D eigenvalue weighted by Crippen LogP contribution is -2.32. The third kappa shape index (κ3) is 8.82. The molecule has 1 heterocycles. The number of aliphatic imine (C=N–C) groups is 1. The van der Waals surface area contributed by atoms with Crippen molar-refractivity contribution in [3.8, 4) is 5.75 Å². The van der Waals surface area contributed by atoms with Crippen LogP contribution in [0.15, 0.2) is 53.7 Å². The zero-order chi connectivity index (χ0) is 21.0. The molecule has 162 valence electrons. The third-order valence-corrected chi connectivity index (χ3v) is 4.66. The van der Waals surface area contributed by atoms with Crippen LogP contribution in [0.25, 0.3) is 0 Å². The molecule has 0 saturated heterocycles. The van der Waals surface area contributed by atoms with E-state index in [1.165, 1.54) is 12.8 Å². The van der Waals surface area contributed by atoms with Gasteiger partial charge < -0.3 is 20.1 Å². The molecule has 0 spiro atoms. The van der Waals surface area contributed by atoms with E-state index < -0.39 is 0 Å². The second-order valence-electron chi connectivity index (χ2n) is 7.92. The summed E-state index contributed by atoms with van der Waals surface area (Å²) in [6.45, 7) is 7.20. The molecule has 30 heavy (non-hydrogen) atoms. The number of nitrogens with one attached hydrogen (secondary N) is 2. The van der Waals surface area contributed by atoms with Crippen molar-refractivity contribution >= 4 is 11.6 Å². The van der Waals surface area contributed by atoms with Gasteiger partial charge in [-0.05, 0) is 75.4 Å². The molecule has 1 fully saturated rings. The molecule has 0 aliphatic heterocycles. The van der Waals surface area contributed by atoms with Crippen LogP contribution < -0.4 is 15.4 Å². The Kier molecular flexibility index (Phi) is 8.97. The Morgan fingerprint density at radius 3 is 2.70 bits per heavy atom. The van der Waals surface area contributed by atoms with Crippen molar-refractivity contribution in [3.05, 3.63) is 54.4 Å². The Balaban J connectivity index is 1.49. The van der Waals surface area contributed by atoms with E-state index >= 15 is 0 Å². The monoisotopic (exact) mass is 410 g/mol. The molecule has 1 saturated carbocycles. The number of aromatic nitrogens is 1. The van der Waals surface area contributed by atoms with E-state index in [-0.39, 0.29) is 6.10 Å². The minimum absolute atomic E-state index is 0.163. The summed E-state index contributed by atoms with van der Waals surface area (Å²) in [6, 6.07) is 13.9. The highest BCUT2D eigenvalue weighted by Gasteiger charge is 2.20. The molecule has 2 aromatic rings. The normalized spacial score (nSPS) is 14.0. The number of benzene rings is 1. The maximum absolute atomic E-state index is 5.72. The molecule has 1 aliphatic carbocycles. The summed E-state index contributed by atoms with van der Waals surface area (Å²) in [7, 11) is 0. The van der Waals surface area contributed by atoms with Gasteiger partial charge in [-0.2, -0.15) is 0 Å². The summed E-state index contributed by atoms with van der Waals surface area (Å²) in [5, 5.41) is 6.80. The first kappa shape index (κ1) is 22.1. The molecule has 1 aromatic heterocycles. The minimum atomic E-state index is 0.163. The molecule has 0 radical (unpaired) electrons. The predicted molar refractivity (Wildman–Crippen MR) is 122 cm³/mol. The molecule has 6 nitrogen and oxygen atoms in total. The van der Waals surface area contributed by atoms with Crippen LogP contribution in [0.5, 0.6) is 5.75 Å². The number of pyridine rings is 1. The Hall–Kier alpha value is -2.60. The molecule has 3 rings (SSSR count). The Morgan fingerprint density at radius 2 is 2.00 bits per heavy atom. The second-order valence-corrected chi connectivity index (χ2v) is 7.92. The van der Waals surface area contributed by atoms with Gasteiger partial charge in [0.25, 0.3) is 0 Å². The van der Waals surface area contributed by atoms with Crippen molar-refractivity contribution in [1.29, 1.82) is 0 Å². The molecular formula is C24H34N4O2. The highest BCUT2D eigenvalue weighted by Crippen LogP contribution is 2.28. The fraction of sp³-hybridized carbons (Fsp3) is 0.500. The summed E-state index contributed by atoms with van der Waals surface area (Å²) in [4.78, 5) is 9.09. The maximum Gasteiger partial charge on any atom is 0.195 e. The van der Waals surface area contributed by atoms with Crippen LogP contribution in [-0.2, 0) is 11.2 Å². The summed E-state index contributed by atoms with van der Waals surface area (Å²) >= 11 is 0. The van der Waals surface area contributed by atoms with Crippen LogP contribution in [0.1, 0.15) is 38.8 Å². The number of hydrogen-bond acceptors (Lipinski definition) is 4. The molecule has 0 atom stereocenters. The fourth-order valence-corrected chi connectivity index (χ4v) is 2.91. The second kappa shape index (κ2) is 12.2. The van der Waals surface area contributed by atoms with Crippen LogP contribution in [0.3, 0.4) is 0 Å². The number of rotatable bonds is 12. The van der Waals surface area contributed by atoms with E-state index in [9.17, 15) is 0 Å². The summed E-state index contributed by atoms with van der Waals surface area (Å²) in [6.07, 6.45) is 6.40. The Labute approximate surface area is 180 Å². The Morgan fingerprint density at radius 1 is 1.17 bits per heavy atom. The van der Waals surface area contributed by atoms with Gasteiger partial charge in [0, 0.05) is 50.3 Å². The average molecular weight is 411 g/mol. The lowest BCUT2D eigenvalue weighted by molar-refractivity contribution is 0.123. The summed E-state index contributed by atoms with van der Waals surface area (Å²) in [5.74, 6) is 2.44. The van der Waals surface area contributed by atoms with Crippen LogP contribution in [-0.4, -0.2) is 43.4 Å². The molecule has 6 heteroatoms. The topological polar surface area (TPSA) is 67.8 Å². The Bertz CT molecular complexity index is 759. The van der Waals surface area contributed by atoms with Gasteiger partial charge in [0.1, 0.15) is 5.75 Å². The average Bonchev–Trinajstić information content (AvgIpc) is 3.56. The van der Waals surface area contributed by atoms with Crippen LogP contribution in [0.4, 0.5) is 5.69 Å². The van der Waals surface area contributed by atoms with Crippen LogP contribution in [0.2, 0.25) is 0 Å². The SMILES string of the molecule is CC(C)Oc1ccc(NC(=NCCCOCC2CC2)NCCc2ccccn2)cc1. The van der Waals surface area contributed by atoms with E-state index in [1.807, 2.05) is 62.5 Å². The standard InChI is InChI=1S/C24H34N4O2/c1-19(2)30-23-11-9-22(10-12-23)28-24(26-15-5-17-29-18-20-7-8-20)27-16-13-21-6-3-4-14-25-21/h3-4,6,9-12,14,19-20H,5,7-8,13,15-18H2,1-2H3,(H2,26,27,28). The van der Waals surface area contributed by atoms with Gasteiger partial charge in [-0.15, -0.1) is 0 Å². The van der Waals surface area contributed by atoms with Crippen molar-refractivity contribution in [2.75, 3.05) is 31.6 Å². The maximum atomic E-state index is 5.72. The fourth-order valence-electron chi connectivity index (χ4n) is 2.91. The third-order valence-electron chi connectivity index (χ3n) is 4.66. The van der Waals surface area contributed by atoms with Gasteiger partial charge in [-0.25, -0.2) is 0 Å². The van der Waals surface area contributed by atoms with Crippen molar-refractivity contribution in [2.24, 2.45) is 10.9 Å². The van der Waals surface area contributed by atoms with Crippen molar-refractivity contribution in [1.82, 2.24) is 10.3 Å². The minimum Gasteiger partial charge on any atom is -0.491 e. The molecule has 0 unspecified atom stereocenters. The lowest BCUT2D eigenvalue weighted by Gasteiger charge is -2.14. The van der Waals surface area contributed by atoms with Gasteiger partial charge >= 0.3 is 0 Å². The number of anilines is 1. The number of guanidine groups is 1. The van der Waals surface area contributed by atoms with E-state index in [4.69, 9.17) is 14.5 Å². The first-order chi connectivity index (χ1) is 14.7. The molecular weight excluding hydrogens is 376 g/mol. The van der Waals surface area contributed by atoms with Crippen LogP contribution in [0, 0.1) is 5.92 Å². The van der Waals surface area contributed by atoms with Gasteiger partial charge in [0.05, 0.1) is 6.10 Å². The first-order valence-corrected chi connectivity index (χ1v) is 11.0. The largest absolute Gasteiger partial charge is 0.491 e. The molecule has 0 bridgehead atoms. The first-order valence-electron chi connectivity index (χ1n) is 11.0. The van der Waals surface area contributed by atoms with E-state index in [0.29, 0.717) is 0 Å². The van der Waals surface area contributed by atoms with Crippen molar-refractivity contribution in [2.45, 2.75) is 45.6 Å². The summed E-state index contributed by atoms with van der Waals surface area (Å²) < 4.78 is 11.4. The van der Waals surface area contributed by atoms with Gasteiger partial charge in [-0.1, -0.05) is 6.07 Å². The van der Waals surface area contributed by atoms with Gasteiger partial charge in [0.2, 0.25) is 0 Å². The highest BCUT2D eigenvalue weighted by molar-refractivity contribution is 5.93. The highest BCUT2D eigenvalue weighted by atomic mass is 16.5. The quantitative estimate of drug-likeness (QED) is 0.310. The van der Waals surface area contributed by atoms with Gasteiger partial charge in [0.15, 0.2) is 5.96 Å². The van der Waals surface area contributed by atoms with Crippen molar-refractivity contribution < 1.29 is 9.47 Å². The molecule has 0 amide bonds. The van der Waals surface area contributed by atoms with Crippen LogP contribution >= 0.6 is 0 Å². The number of nitrogens with zero attached hydrogens (tertiary/aromatic N) is 2. The lowest BCUT2D eigenvalue weighted by atomic mass is 10.3. The van der Waals surface area contributed by atoms with Gasteiger partial charge in [-0.3, -0.25) is 9.98 Å². The smallest absolute Gasteiger partial charge is 0.195 e. The molecule has 2 N–H and O–H groups in total. The van der Waals surface area contributed by atoms with E-state index in [1.54, 1.807) is 0 Å². The number of ether oxygens (including phenoxy) is 2. The van der Waals surface area contributed by atoms with E-state index in [2.05, 4.69) is 15.6 Å².